The number of benzene rings is 1. The molecule has 0 bridgehead atoms. The van der Waals surface area contributed by atoms with Crippen LogP contribution < -0.4 is 0 Å². The lowest BCUT2D eigenvalue weighted by Gasteiger charge is -2.23. The fourth-order valence-electron chi connectivity index (χ4n) is 3.43. The van der Waals surface area contributed by atoms with Crippen LogP contribution in [-0.4, -0.2) is 52.8 Å². The molecule has 2 aromatic rings. The monoisotopic (exact) mass is 337 g/mol. The molecule has 1 fully saturated rings. The molecule has 2 heterocycles. The smallest absolute Gasteiger partial charge is 0.246 e. The van der Waals surface area contributed by atoms with Crippen LogP contribution >= 0.6 is 0 Å². The number of carbonyl (C=O) groups is 2. The van der Waals surface area contributed by atoms with Gasteiger partial charge in [0, 0.05) is 44.7 Å². The molecule has 1 aromatic carbocycles. The number of fused-ring (bicyclic) bond motifs is 1. The molecule has 1 aromatic heterocycles. The first kappa shape index (κ1) is 17.1. The Bertz CT molecular complexity index is 802. The van der Waals surface area contributed by atoms with Gasteiger partial charge in [-0.25, -0.2) is 0 Å². The van der Waals surface area contributed by atoms with E-state index in [4.69, 9.17) is 0 Å². The van der Waals surface area contributed by atoms with E-state index in [9.17, 15) is 9.59 Å². The van der Waals surface area contributed by atoms with Gasteiger partial charge in [-0.3, -0.25) is 14.6 Å². The van der Waals surface area contributed by atoms with Gasteiger partial charge in [0.05, 0.1) is 5.52 Å². The van der Waals surface area contributed by atoms with Crippen LogP contribution in [0.25, 0.3) is 10.9 Å². The van der Waals surface area contributed by atoms with Gasteiger partial charge in [0.2, 0.25) is 11.8 Å². The second-order valence-electron chi connectivity index (χ2n) is 6.55. The number of hydrogen-bond acceptors (Lipinski definition) is 3. The molecule has 1 aliphatic rings. The lowest BCUT2D eigenvalue weighted by atomic mass is 9.97. The fraction of sp³-hybridized carbons (Fsp3) is 0.350. The van der Waals surface area contributed by atoms with Crippen molar-refractivity contribution in [2.75, 3.05) is 26.2 Å². The molecule has 1 aliphatic heterocycles. The van der Waals surface area contributed by atoms with Crippen molar-refractivity contribution in [1.29, 1.82) is 0 Å². The zero-order valence-corrected chi connectivity index (χ0v) is 14.5. The van der Waals surface area contributed by atoms with Crippen LogP contribution in [0.1, 0.15) is 12.5 Å². The molecule has 3 rings (SSSR count). The van der Waals surface area contributed by atoms with Crippen LogP contribution in [0.3, 0.4) is 0 Å². The van der Waals surface area contributed by atoms with E-state index >= 15 is 0 Å². The van der Waals surface area contributed by atoms with Crippen LogP contribution in [0.5, 0.6) is 0 Å². The molecule has 0 aliphatic carbocycles. The number of hydrogen-bond donors (Lipinski definition) is 0. The lowest BCUT2D eigenvalue weighted by Crippen LogP contribution is -2.35. The van der Waals surface area contributed by atoms with Gasteiger partial charge in [-0.2, -0.15) is 0 Å². The third-order valence-corrected chi connectivity index (χ3v) is 4.72. The van der Waals surface area contributed by atoms with Crippen LogP contribution in [0.2, 0.25) is 0 Å². The van der Waals surface area contributed by atoms with Gasteiger partial charge < -0.3 is 9.80 Å². The van der Waals surface area contributed by atoms with Crippen molar-refractivity contribution in [2.24, 2.45) is 5.92 Å². The highest BCUT2D eigenvalue weighted by molar-refractivity contribution is 5.87. The van der Waals surface area contributed by atoms with Gasteiger partial charge in [0.25, 0.3) is 0 Å². The first-order chi connectivity index (χ1) is 12.1. The molecule has 130 valence electrons. The minimum atomic E-state index is -0.0712. The van der Waals surface area contributed by atoms with E-state index in [1.54, 1.807) is 18.0 Å². The normalized spacial score (nSPS) is 18.0. The SMILES string of the molecule is C=CC(=O)N1CCN(C(C)=O)CC(Cc2ccc3ncccc3c2)C1. The van der Waals surface area contributed by atoms with Crippen molar-refractivity contribution in [3.8, 4) is 0 Å². The van der Waals surface area contributed by atoms with Crippen LogP contribution in [-0.2, 0) is 16.0 Å². The number of nitrogens with zero attached hydrogens (tertiary/aromatic N) is 3. The summed E-state index contributed by atoms with van der Waals surface area (Å²) in [5, 5.41) is 1.11. The fourth-order valence-corrected chi connectivity index (χ4v) is 3.43. The molecule has 1 saturated heterocycles. The van der Waals surface area contributed by atoms with E-state index in [-0.39, 0.29) is 17.7 Å². The quantitative estimate of drug-likeness (QED) is 0.808. The summed E-state index contributed by atoms with van der Waals surface area (Å²) >= 11 is 0. The van der Waals surface area contributed by atoms with Gasteiger partial charge in [-0.05, 0) is 42.2 Å². The summed E-state index contributed by atoms with van der Waals surface area (Å²) in [5.74, 6) is 0.183. The summed E-state index contributed by atoms with van der Waals surface area (Å²) in [5.41, 5.74) is 2.17. The highest BCUT2D eigenvalue weighted by Crippen LogP contribution is 2.19. The maximum absolute atomic E-state index is 12.1. The standard InChI is InChI=1S/C20H23N3O2/c1-3-20(25)23-10-9-22(15(2)24)13-17(14-23)11-16-6-7-19-18(12-16)5-4-8-21-19/h3-8,12,17H,1,9-11,13-14H2,2H3. The Morgan fingerprint density at radius 2 is 2.00 bits per heavy atom. The van der Waals surface area contributed by atoms with Crippen LogP contribution in [0.15, 0.2) is 49.2 Å². The second-order valence-corrected chi connectivity index (χ2v) is 6.55. The third-order valence-electron chi connectivity index (χ3n) is 4.72. The maximum Gasteiger partial charge on any atom is 0.246 e. The molecule has 0 N–H and O–H groups in total. The molecule has 5 heteroatoms. The Morgan fingerprint density at radius 3 is 2.76 bits per heavy atom. The molecule has 25 heavy (non-hydrogen) atoms. The third kappa shape index (κ3) is 4.05. The zero-order valence-electron chi connectivity index (χ0n) is 14.5. The number of rotatable bonds is 3. The Hall–Kier alpha value is -2.69. The highest BCUT2D eigenvalue weighted by atomic mass is 16.2. The molecule has 2 amide bonds. The minimum Gasteiger partial charge on any atom is -0.341 e. The largest absolute Gasteiger partial charge is 0.341 e. The van der Waals surface area contributed by atoms with Crippen molar-refractivity contribution in [3.05, 3.63) is 54.7 Å². The Kier molecular flexibility index (Phi) is 5.12. The zero-order chi connectivity index (χ0) is 17.8. The molecule has 0 radical (unpaired) electrons. The average molecular weight is 337 g/mol. The Balaban J connectivity index is 1.81. The first-order valence-electron chi connectivity index (χ1n) is 8.57. The van der Waals surface area contributed by atoms with E-state index < -0.39 is 0 Å². The first-order valence-corrected chi connectivity index (χ1v) is 8.57. The van der Waals surface area contributed by atoms with Crippen molar-refractivity contribution < 1.29 is 9.59 Å². The summed E-state index contributed by atoms with van der Waals surface area (Å²) in [6, 6.07) is 10.2. The Morgan fingerprint density at radius 1 is 1.24 bits per heavy atom. The van der Waals surface area contributed by atoms with Crippen molar-refractivity contribution >= 4 is 22.7 Å². The van der Waals surface area contributed by atoms with E-state index in [0.717, 1.165) is 17.3 Å². The number of pyridine rings is 1. The van der Waals surface area contributed by atoms with Crippen molar-refractivity contribution in [1.82, 2.24) is 14.8 Å². The summed E-state index contributed by atoms with van der Waals surface area (Å²) < 4.78 is 0. The predicted octanol–water partition coefficient (Wildman–Crippen LogP) is 2.27. The van der Waals surface area contributed by atoms with E-state index in [0.29, 0.717) is 26.2 Å². The van der Waals surface area contributed by atoms with E-state index in [1.165, 1.54) is 11.6 Å². The lowest BCUT2D eigenvalue weighted by molar-refractivity contribution is -0.130. The van der Waals surface area contributed by atoms with Gasteiger partial charge in [0.1, 0.15) is 0 Å². The van der Waals surface area contributed by atoms with Gasteiger partial charge in [0.15, 0.2) is 0 Å². The number of amides is 2. The molecular weight excluding hydrogens is 314 g/mol. The average Bonchev–Trinajstić information content (AvgIpc) is 2.84. The van der Waals surface area contributed by atoms with E-state index in [2.05, 4.69) is 23.7 Å². The molecule has 1 atom stereocenters. The summed E-state index contributed by atoms with van der Waals surface area (Å²) in [6.45, 7) is 7.61. The number of aromatic nitrogens is 1. The topological polar surface area (TPSA) is 53.5 Å². The van der Waals surface area contributed by atoms with Crippen LogP contribution in [0, 0.1) is 5.92 Å². The van der Waals surface area contributed by atoms with E-state index in [1.807, 2.05) is 23.1 Å². The Labute approximate surface area is 147 Å². The van der Waals surface area contributed by atoms with Crippen LogP contribution in [0.4, 0.5) is 0 Å². The molecule has 0 spiro atoms. The summed E-state index contributed by atoms with van der Waals surface area (Å²) in [7, 11) is 0. The van der Waals surface area contributed by atoms with Crippen molar-refractivity contribution in [2.45, 2.75) is 13.3 Å². The summed E-state index contributed by atoms with van der Waals surface area (Å²) in [4.78, 5) is 31.9. The molecule has 5 nitrogen and oxygen atoms in total. The summed E-state index contributed by atoms with van der Waals surface area (Å²) in [6.07, 6.45) is 3.95. The van der Waals surface area contributed by atoms with Gasteiger partial charge >= 0.3 is 0 Å². The molecular formula is C20H23N3O2. The maximum atomic E-state index is 12.1. The highest BCUT2D eigenvalue weighted by Gasteiger charge is 2.26. The van der Waals surface area contributed by atoms with Gasteiger partial charge in [-0.15, -0.1) is 0 Å². The molecule has 0 saturated carbocycles. The minimum absolute atomic E-state index is 0.0561. The second kappa shape index (κ2) is 7.47. The molecule has 1 unspecified atom stereocenters. The van der Waals surface area contributed by atoms with Gasteiger partial charge in [-0.1, -0.05) is 18.7 Å². The predicted molar refractivity (Wildman–Crippen MR) is 98.0 cm³/mol. The van der Waals surface area contributed by atoms with Crippen molar-refractivity contribution in [3.63, 3.8) is 0 Å². The number of carbonyl (C=O) groups excluding carboxylic acids is 2.